The van der Waals surface area contributed by atoms with E-state index in [0.29, 0.717) is 17.5 Å². The van der Waals surface area contributed by atoms with Gasteiger partial charge in [0.1, 0.15) is 5.84 Å². The van der Waals surface area contributed by atoms with Crippen molar-refractivity contribution >= 4 is 18.4 Å². The molecule has 1 fully saturated rings. The van der Waals surface area contributed by atoms with Gasteiger partial charge in [-0.2, -0.15) is 0 Å². The molecule has 0 unspecified atom stereocenters. The van der Waals surface area contributed by atoms with Gasteiger partial charge in [-0.05, 0) is 12.8 Å². The fourth-order valence-electron chi connectivity index (χ4n) is 1.83. The molecule has 0 radical (unpaired) electrons. The molecule has 0 aromatic rings. The molecule has 1 saturated carbocycles. The summed E-state index contributed by atoms with van der Waals surface area (Å²) in [6, 6.07) is 0.342. The van der Waals surface area contributed by atoms with Crippen molar-refractivity contribution in [2.45, 2.75) is 38.1 Å². The van der Waals surface area contributed by atoms with Crippen LogP contribution in [0.3, 0.4) is 0 Å². The second-order valence-electron chi connectivity index (χ2n) is 4.08. The fraction of sp³-hybridized carbons (Fsp3) is 0.583. The quantitative estimate of drug-likeness (QED) is 0.497. The van der Waals surface area contributed by atoms with E-state index < -0.39 is 0 Å². The normalized spacial score (nSPS) is 18.3. The van der Waals surface area contributed by atoms with Gasteiger partial charge in [-0.1, -0.05) is 25.8 Å². The highest BCUT2D eigenvalue weighted by Crippen LogP contribution is 2.20. The first kappa shape index (κ1) is 13.6. The molecule has 4 N–H and O–H groups in total. The summed E-state index contributed by atoms with van der Waals surface area (Å²) in [6.45, 7) is 4.03. The fourth-order valence-corrected chi connectivity index (χ4v) is 1.83. The van der Waals surface area contributed by atoms with Gasteiger partial charge >= 0.3 is 0 Å². The van der Waals surface area contributed by atoms with Gasteiger partial charge in [-0.15, -0.1) is 0 Å². The zero-order valence-corrected chi connectivity index (χ0v) is 10.2. The van der Waals surface area contributed by atoms with Gasteiger partial charge < -0.3 is 16.5 Å². The summed E-state index contributed by atoms with van der Waals surface area (Å²) in [7, 11) is 0. The molecule has 1 rings (SSSR count). The van der Waals surface area contributed by atoms with Crippen LogP contribution in [0.25, 0.3) is 0 Å². The first-order valence-electron chi connectivity index (χ1n) is 6.00. The minimum absolute atomic E-state index is 0.237. The number of nitrogens with two attached hydrogens (primary N) is 1. The number of amidine groups is 1. The molecule has 0 amide bonds. The van der Waals surface area contributed by atoms with Crippen LogP contribution >= 0.6 is 0 Å². The van der Waals surface area contributed by atoms with E-state index in [9.17, 15) is 0 Å². The standard InChI is InChI=1S/C12H21N5/c1-10(7-13)12(16-9-15-8-14)17-11-5-3-2-4-6-11/h7,9,11,13H,1-6,8,14H2,(H,15,16,17). The third kappa shape index (κ3) is 4.91. The highest BCUT2D eigenvalue weighted by molar-refractivity contribution is 6.16. The maximum atomic E-state index is 7.22. The first-order chi connectivity index (χ1) is 8.27. The van der Waals surface area contributed by atoms with Crippen molar-refractivity contribution in [2.24, 2.45) is 15.7 Å². The van der Waals surface area contributed by atoms with Crippen molar-refractivity contribution < 1.29 is 0 Å². The molecule has 0 heterocycles. The Kier molecular flexibility index (Phi) is 6.17. The summed E-state index contributed by atoms with van der Waals surface area (Å²) < 4.78 is 0. The molecule has 94 valence electrons. The van der Waals surface area contributed by atoms with Gasteiger partial charge in [0.15, 0.2) is 0 Å². The molecule has 0 aromatic carbocycles. The Morgan fingerprint density at radius 3 is 2.71 bits per heavy atom. The summed E-state index contributed by atoms with van der Waals surface area (Å²) in [5.41, 5.74) is 5.83. The molecule has 0 aromatic heterocycles. The molecule has 0 spiro atoms. The summed E-state index contributed by atoms with van der Waals surface area (Å²) in [5.74, 6) is 0.629. The van der Waals surface area contributed by atoms with E-state index in [4.69, 9.17) is 11.1 Å². The van der Waals surface area contributed by atoms with Crippen LogP contribution in [-0.4, -0.2) is 31.1 Å². The number of hydrogen-bond acceptors (Lipinski definition) is 4. The maximum absolute atomic E-state index is 7.22. The van der Waals surface area contributed by atoms with Crippen LogP contribution in [0.5, 0.6) is 0 Å². The topological polar surface area (TPSA) is 86.6 Å². The lowest BCUT2D eigenvalue weighted by Crippen LogP contribution is -2.27. The Morgan fingerprint density at radius 1 is 1.41 bits per heavy atom. The predicted molar refractivity (Wildman–Crippen MR) is 72.9 cm³/mol. The SMILES string of the molecule is C=C(C=N)C(=NC1CCCCC1)N/C=N\CN. The van der Waals surface area contributed by atoms with Gasteiger partial charge in [0.25, 0.3) is 0 Å². The van der Waals surface area contributed by atoms with E-state index in [1.54, 1.807) is 0 Å². The van der Waals surface area contributed by atoms with Gasteiger partial charge in [-0.25, -0.2) is 0 Å². The zero-order valence-electron chi connectivity index (χ0n) is 10.2. The van der Waals surface area contributed by atoms with E-state index in [-0.39, 0.29) is 6.67 Å². The average Bonchev–Trinajstić information content (AvgIpc) is 2.38. The van der Waals surface area contributed by atoms with Gasteiger partial charge in [-0.3, -0.25) is 9.98 Å². The first-order valence-corrected chi connectivity index (χ1v) is 6.00. The third-order valence-electron chi connectivity index (χ3n) is 2.76. The number of rotatable bonds is 5. The Labute approximate surface area is 102 Å². The number of nitrogens with zero attached hydrogens (tertiary/aromatic N) is 2. The van der Waals surface area contributed by atoms with Crippen molar-refractivity contribution in [1.29, 1.82) is 5.41 Å². The lowest BCUT2D eigenvalue weighted by atomic mass is 9.96. The Morgan fingerprint density at radius 2 is 2.12 bits per heavy atom. The minimum atomic E-state index is 0.237. The highest BCUT2D eigenvalue weighted by atomic mass is 15.0. The Hall–Kier alpha value is -1.49. The van der Waals surface area contributed by atoms with Crippen molar-refractivity contribution in [3.05, 3.63) is 12.2 Å². The van der Waals surface area contributed by atoms with Gasteiger partial charge in [0.05, 0.1) is 19.0 Å². The maximum Gasteiger partial charge on any atom is 0.134 e. The second-order valence-corrected chi connectivity index (χ2v) is 4.08. The second kappa shape index (κ2) is 7.73. The van der Waals surface area contributed by atoms with Crippen LogP contribution in [-0.2, 0) is 0 Å². The summed E-state index contributed by atoms with van der Waals surface area (Å²) in [6.07, 6.45) is 8.70. The van der Waals surface area contributed by atoms with E-state index in [2.05, 4.69) is 21.9 Å². The molecular weight excluding hydrogens is 214 g/mol. The van der Waals surface area contributed by atoms with Crippen LogP contribution in [0.2, 0.25) is 0 Å². The smallest absolute Gasteiger partial charge is 0.134 e. The predicted octanol–water partition coefficient (Wildman–Crippen LogP) is 1.46. The summed E-state index contributed by atoms with van der Waals surface area (Å²) in [4.78, 5) is 8.47. The molecule has 0 bridgehead atoms. The van der Waals surface area contributed by atoms with E-state index in [1.807, 2.05) is 0 Å². The van der Waals surface area contributed by atoms with Gasteiger partial charge in [0.2, 0.25) is 0 Å². The molecule has 0 atom stereocenters. The highest BCUT2D eigenvalue weighted by Gasteiger charge is 2.13. The number of nitrogens with one attached hydrogen (secondary N) is 2. The molecular formula is C12H21N5. The largest absolute Gasteiger partial charge is 0.331 e. The molecule has 0 saturated heterocycles. The molecule has 5 heteroatoms. The van der Waals surface area contributed by atoms with Crippen molar-refractivity contribution in [3.8, 4) is 0 Å². The average molecular weight is 235 g/mol. The summed E-state index contributed by atoms with van der Waals surface area (Å²) in [5, 5.41) is 10.2. The van der Waals surface area contributed by atoms with Gasteiger partial charge in [0, 0.05) is 11.8 Å². The lowest BCUT2D eigenvalue weighted by Gasteiger charge is -2.19. The van der Waals surface area contributed by atoms with Crippen LogP contribution in [0.4, 0.5) is 0 Å². The van der Waals surface area contributed by atoms with Crippen LogP contribution < -0.4 is 11.1 Å². The van der Waals surface area contributed by atoms with Crippen LogP contribution in [0.1, 0.15) is 32.1 Å². The Bertz CT molecular complexity index is 313. The van der Waals surface area contributed by atoms with E-state index in [0.717, 1.165) is 12.8 Å². The number of aliphatic imine (C=N–C) groups is 2. The lowest BCUT2D eigenvalue weighted by molar-refractivity contribution is 0.443. The Balaban J connectivity index is 2.66. The van der Waals surface area contributed by atoms with Crippen LogP contribution in [0, 0.1) is 5.41 Å². The van der Waals surface area contributed by atoms with E-state index in [1.165, 1.54) is 31.8 Å². The van der Waals surface area contributed by atoms with Crippen LogP contribution in [0.15, 0.2) is 22.1 Å². The number of hydrogen-bond donors (Lipinski definition) is 3. The van der Waals surface area contributed by atoms with Crippen molar-refractivity contribution in [3.63, 3.8) is 0 Å². The molecule has 1 aliphatic carbocycles. The van der Waals surface area contributed by atoms with Crippen molar-refractivity contribution in [2.75, 3.05) is 6.67 Å². The summed E-state index contributed by atoms with van der Waals surface area (Å²) >= 11 is 0. The monoisotopic (exact) mass is 235 g/mol. The minimum Gasteiger partial charge on any atom is -0.331 e. The van der Waals surface area contributed by atoms with E-state index >= 15 is 0 Å². The molecule has 5 nitrogen and oxygen atoms in total. The molecule has 1 aliphatic rings. The zero-order chi connectivity index (χ0) is 12.5. The molecule has 0 aliphatic heterocycles. The third-order valence-corrected chi connectivity index (χ3v) is 2.76. The van der Waals surface area contributed by atoms with Crippen molar-refractivity contribution in [1.82, 2.24) is 5.32 Å². The molecule has 17 heavy (non-hydrogen) atoms.